The topological polar surface area (TPSA) is 118 Å². The third-order valence-corrected chi connectivity index (χ3v) is 6.04. The number of likely N-dealkylation sites (tertiary alicyclic amines) is 1. The Hall–Kier alpha value is -4.60. The monoisotopic (exact) mass is 501 g/mol. The highest BCUT2D eigenvalue weighted by molar-refractivity contribution is 5.96. The number of benzene rings is 1. The lowest BCUT2D eigenvalue weighted by molar-refractivity contribution is -0.127. The number of anilines is 1. The maximum absolute atomic E-state index is 15.1. The number of amides is 2. The molecule has 9 nitrogen and oxygen atoms in total. The number of nitrogen functional groups attached to an aromatic ring is 1. The first-order valence-electron chi connectivity index (χ1n) is 11.9. The second-order valence-corrected chi connectivity index (χ2v) is 8.35. The van der Waals surface area contributed by atoms with Crippen molar-refractivity contribution in [1.29, 1.82) is 0 Å². The van der Waals surface area contributed by atoms with Crippen LogP contribution in [0.15, 0.2) is 72.7 Å². The van der Waals surface area contributed by atoms with Gasteiger partial charge in [0.25, 0.3) is 5.91 Å². The molecule has 1 saturated heterocycles. The highest BCUT2D eigenvalue weighted by Gasteiger charge is 2.33. The zero-order valence-corrected chi connectivity index (χ0v) is 20.5. The fourth-order valence-electron chi connectivity index (χ4n) is 4.34. The molecule has 0 unspecified atom stereocenters. The number of aliphatic imine (C=N–C) groups is 1. The van der Waals surface area contributed by atoms with Crippen molar-refractivity contribution >= 4 is 29.4 Å². The molecular weight excluding hydrogens is 473 g/mol. The summed E-state index contributed by atoms with van der Waals surface area (Å²) in [5.74, 6) is -0.607. The summed E-state index contributed by atoms with van der Waals surface area (Å²) in [5, 5.41) is 2.62. The molecule has 2 amide bonds. The molecule has 1 atom stereocenters. The van der Waals surface area contributed by atoms with Crippen molar-refractivity contribution in [2.24, 2.45) is 4.99 Å². The third-order valence-electron chi connectivity index (χ3n) is 6.04. The van der Waals surface area contributed by atoms with Gasteiger partial charge in [0.1, 0.15) is 28.7 Å². The third kappa shape index (κ3) is 5.32. The van der Waals surface area contributed by atoms with Crippen molar-refractivity contribution < 1.29 is 14.0 Å². The van der Waals surface area contributed by atoms with Gasteiger partial charge in [-0.3, -0.25) is 19.0 Å². The fraction of sp³-hybridized carbons (Fsp3) is 0.222. The van der Waals surface area contributed by atoms with Gasteiger partial charge >= 0.3 is 0 Å². The Morgan fingerprint density at radius 3 is 2.95 bits per heavy atom. The lowest BCUT2D eigenvalue weighted by atomic mass is 10.1. The standard InChI is InChI=1S/C27H28FN7O2/c1-3-5-6-11-30-12-13-32-27(37)19-10-9-18(17-20(19)28)23-24-25(29)31-14-16-35(24)26(33-23)21-8-7-15-34(21)22(36)4-2/h3-6,9-12,14,16-17,21H,2,7-8,13,15H2,1H3,(H2,29,31)(H,32,37)/b5-3-,11-6-,30-12+/t21-/m0/s1. The summed E-state index contributed by atoms with van der Waals surface area (Å²) in [7, 11) is 0. The van der Waals surface area contributed by atoms with Crippen molar-refractivity contribution in [3.05, 3.63) is 84.9 Å². The van der Waals surface area contributed by atoms with Crippen molar-refractivity contribution in [1.82, 2.24) is 24.6 Å². The molecule has 190 valence electrons. The molecule has 0 bridgehead atoms. The zero-order valence-electron chi connectivity index (χ0n) is 20.5. The minimum Gasteiger partial charge on any atom is -0.382 e. The molecular formula is C27H28FN7O2. The van der Waals surface area contributed by atoms with Gasteiger partial charge in [-0.2, -0.15) is 0 Å². The van der Waals surface area contributed by atoms with Gasteiger partial charge in [0.05, 0.1) is 18.2 Å². The smallest absolute Gasteiger partial charge is 0.254 e. The largest absolute Gasteiger partial charge is 0.382 e. The number of halogens is 1. The first-order chi connectivity index (χ1) is 18.0. The number of aromatic nitrogens is 3. The predicted octanol–water partition coefficient (Wildman–Crippen LogP) is 3.86. The number of hydrogen-bond acceptors (Lipinski definition) is 6. The maximum Gasteiger partial charge on any atom is 0.254 e. The van der Waals surface area contributed by atoms with Crippen molar-refractivity contribution in [2.45, 2.75) is 25.8 Å². The maximum atomic E-state index is 15.1. The number of carbonyl (C=O) groups excluding carboxylic acids is 2. The van der Waals surface area contributed by atoms with Gasteiger partial charge in [0.15, 0.2) is 0 Å². The first kappa shape index (κ1) is 25.5. The molecule has 0 spiro atoms. The zero-order chi connectivity index (χ0) is 26.4. The van der Waals surface area contributed by atoms with Crippen LogP contribution in [-0.2, 0) is 4.79 Å². The Bertz CT molecular complexity index is 1420. The van der Waals surface area contributed by atoms with E-state index in [1.165, 1.54) is 24.4 Å². The number of imidazole rings is 1. The average Bonchev–Trinajstić information content (AvgIpc) is 3.53. The Kier molecular flexibility index (Phi) is 7.87. The number of allylic oxidation sites excluding steroid dienone is 3. The number of nitrogens with one attached hydrogen (secondary N) is 1. The second-order valence-electron chi connectivity index (χ2n) is 8.35. The summed E-state index contributed by atoms with van der Waals surface area (Å²) in [6, 6.07) is 4.00. The van der Waals surface area contributed by atoms with E-state index in [2.05, 4.69) is 21.9 Å². The minimum absolute atomic E-state index is 0.102. The molecule has 0 aliphatic carbocycles. The Morgan fingerprint density at radius 1 is 1.35 bits per heavy atom. The van der Waals surface area contributed by atoms with Crippen molar-refractivity contribution in [2.75, 3.05) is 18.8 Å². The van der Waals surface area contributed by atoms with Crippen molar-refractivity contribution in [3.63, 3.8) is 0 Å². The second kappa shape index (κ2) is 11.4. The lowest BCUT2D eigenvalue weighted by Crippen LogP contribution is -2.29. The molecule has 3 heterocycles. The summed E-state index contributed by atoms with van der Waals surface area (Å²) >= 11 is 0. The van der Waals surface area contributed by atoms with Gasteiger partial charge in [0, 0.05) is 36.9 Å². The Labute approximate surface area is 213 Å². The summed E-state index contributed by atoms with van der Waals surface area (Å²) < 4.78 is 16.9. The molecule has 3 N–H and O–H groups in total. The summed E-state index contributed by atoms with van der Waals surface area (Å²) in [5.41, 5.74) is 7.47. The van der Waals surface area contributed by atoms with Crippen LogP contribution in [0, 0.1) is 5.82 Å². The molecule has 1 fully saturated rings. The van der Waals surface area contributed by atoms with E-state index in [-0.39, 0.29) is 29.9 Å². The summed E-state index contributed by atoms with van der Waals surface area (Å²) in [6.07, 6.45) is 14.7. The molecule has 1 aromatic carbocycles. The number of hydrogen-bond donors (Lipinski definition) is 2. The Balaban J connectivity index is 1.63. The van der Waals surface area contributed by atoms with Crippen LogP contribution in [0.5, 0.6) is 0 Å². The quantitative estimate of drug-likeness (QED) is 0.276. The van der Waals surface area contributed by atoms with Crippen LogP contribution >= 0.6 is 0 Å². The number of rotatable bonds is 8. The predicted molar refractivity (Wildman–Crippen MR) is 141 cm³/mol. The van der Waals surface area contributed by atoms with Gasteiger partial charge in [-0.25, -0.2) is 14.4 Å². The molecule has 10 heteroatoms. The molecule has 0 saturated carbocycles. The van der Waals surface area contributed by atoms with E-state index in [0.717, 1.165) is 12.8 Å². The van der Waals surface area contributed by atoms with Crippen LogP contribution in [-0.4, -0.2) is 50.4 Å². The summed E-state index contributed by atoms with van der Waals surface area (Å²) in [6.45, 7) is 6.23. The molecule has 2 aromatic heterocycles. The van der Waals surface area contributed by atoms with E-state index in [9.17, 15) is 9.59 Å². The summed E-state index contributed by atoms with van der Waals surface area (Å²) in [4.78, 5) is 39.6. The highest BCUT2D eigenvalue weighted by atomic mass is 19.1. The highest BCUT2D eigenvalue weighted by Crippen LogP contribution is 2.36. The molecule has 1 aliphatic heterocycles. The van der Waals surface area contributed by atoms with Gasteiger partial charge in [-0.15, -0.1) is 0 Å². The SMILES string of the molecule is C=CC(=O)N1CCC[C@H]1c1nc(-c2ccc(C(=O)NC/C=N/C=C\C=C/C)c(F)c2)c2c(N)nccn12. The van der Waals surface area contributed by atoms with Crippen LogP contribution in [0.4, 0.5) is 10.2 Å². The van der Waals surface area contributed by atoms with Gasteiger partial charge in [-0.05, 0) is 44.1 Å². The number of nitrogens with two attached hydrogens (primary N) is 1. The van der Waals surface area contributed by atoms with E-state index in [0.29, 0.717) is 29.1 Å². The van der Waals surface area contributed by atoms with Gasteiger partial charge in [0.2, 0.25) is 5.91 Å². The average molecular weight is 502 g/mol. The van der Waals surface area contributed by atoms with E-state index in [4.69, 9.17) is 10.7 Å². The Morgan fingerprint density at radius 2 is 2.19 bits per heavy atom. The van der Waals surface area contributed by atoms with Crippen LogP contribution < -0.4 is 11.1 Å². The normalized spacial score (nSPS) is 15.9. The van der Waals surface area contributed by atoms with Crippen LogP contribution in [0.2, 0.25) is 0 Å². The van der Waals surface area contributed by atoms with Crippen LogP contribution in [0.25, 0.3) is 16.8 Å². The molecule has 4 rings (SSSR count). The van der Waals surface area contributed by atoms with Crippen molar-refractivity contribution in [3.8, 4) is 11.3 Å². The lowest BCUT2D eigenvalue weighted by Gasteiger charge is -2.22. The van der Waals surface area contributed by atoms with E-state index >= 15 is 4.39 Å². The van der Waals surface area contributed by atoms with E-state index in [1.54, 1.807) is 40.0 Å². The van der Waals surface area contributed by atoms with Gasteiger partial charge < -0.3 is 16.0 Å². The number of nitrogens with zero attached hydrogens (tertiary/aromatic N) is 5. The van der Waals surface area contributed by atoms with Crippen LogP contribution in [0.3, 0.4) is 0 Å². The first-order valence-corrected chi connectivity index (χ1v) is 11.9. The van der Waals surface area contributed by atoms with E-state index in [1.807, 2.05) is 19.1 Å². The number of fused-ring (bicyclic) bond motifs is 1. The van der Waals surface area contributed by atoms with E-state index < -0.39 is 11.7 Å². The van der Waals surface area contributed by atoms with Crippen LogP contribution in [0.1, 0.15) is 42.0 Å². The molecule has 0 radical (unpaired) electrons. The fourth-order valence-corrected chi connectivity index (χ4v) is 4.34. The number of carbonyl (C=O) groups is 2. The molecule has 37 heavy (non-hydrogen) atoms. The molecule has 1 aliphatic rings. The van der Waals surface area contributed by atoms with Gasteiger partial charge in [-0.1, -0.05) is 24.8 Å². The minimum atomic E-state index is -0.700. The molecule has 3 aromatic rings.